The molecule has 1 saturated heterocycles. The Balaban J connectivity index is 2.02. The third kappa shape index (κ3) is 4.27. The number of halogens is 1. The molecule has 0 spiro atoms. The molecule has 0 radical (unpaired) electrons. The molecule has 8 heteroatoms. The Labute approximate surface area is 128 Å². The van der Waals surface area contributed by atoms with Gasteiger partial charge in [0.2, 0.25) is 11.8 Å². The van der Waals surface area contributed by atoms with Gasteiger partial charge in [0, 0.05) is 18.7 Å². The van der Waals surface area contributed by atoms with E-state index in [2.05, 4.69) is 5.32 Å². The van der Waals surface area contributed by atoms with Crippen LogP contribution in [-0.2, 0) is 19.4 Å². The standard InChI is InChI=1S/C14H17FN2O4S/c1-10(18)17(13-4-2-3-11(15)7-13)8-14(19)16-12-5-6-22(20,21)9-12/h2-4,7,12H,5-6,8-9H2,1H3,(H,16,19). The highest BCUT2D eigenvalue weighted by atomic mass is 32.2. The van der Waals surface area contributed by atoms with Crippen LogP contribution < -0.4 is 10.2 Å². The normalized spacial score (nSPS) is 19.6. The second kappa shape index (κ2) is 6.43. The summed E-state index contributed by atoms with van der Waals surface area (Å²) in [5, 5.41) is 2.60. The van der Waals surface area contributed by atoms with E-state index in [9.17, 15) is 22.4 Å². The van der Waals surface area contributed by atoms with Gasteiger partial charge in [-0.15, -0.1) is 0 Å². The Morgan fingerprint density at radius 3 is 2.68 bits per heavy atom. The van der Waals surface area contributed by atoms with E-state index in [-0.39, 0.29) is 23.7 Å². The molecule has 0 bridgehead atoms. The molecule has 2 rings (SSSR count). The third-order valence-electron chi connectivity index (χ3n) is 3.40. The summed E-state index contributed by atoms with van der Waals surface area (Å²) in [5.41, 5.74) is 0.279. The van der Waals surface area contributed by atoms with E-state index in [1.807, 2.05) is 0 Å². The van der Waals surface area contributed by atoms with Crippen molar-refractivity contribution in [3.8, 4) is 0 Å². The molecular formula is C14H17FN2O4S. The average Bonchev–Trinajstić information content (AvgIpc) is 2.74. The number of nitrogens with zero attached hydrogens (tertiary/aromatic N) is 1. The van der Waals surface area contributed by atoms with Gasteiger partial charge < -0.3 is 10.2 Å². The number of nitrogens with one attached hydrogen (secondary N) is 1. The van der Waals surface area contributed by atoms with Crippen LogP contribution in [0.1, 0.15) is 13.3 Å². The van der Waals surface area contributed by atoms with Gasteiger partial charge in [-0.1, -0.05) is 6.07 Å². The molecule has 1 fully saturated rings. The number of carbonyl (C=O) groups excluding carboxylic acids is 2. The minimum Gasteiger partial charge on any atom is -0.351 e. The van der Waals surface area contributed by atoms with Crippen molar-refractivity contribution >= 4 is 27.3 Å². The maximum Gasteiger partial charge on any atom is 0.240 e. The second-order valence-corrected chi connectivity index (χ2v) is 7.48. The Hall–Kier alpha value is -1.96. The summed E-state index contributed by atoms with van der Waals surface area (Å²) in [6.45, 7) is 0.994. The SMILES string of the molecule is CC(=O)N(CC(=O)NC1CCS(=O)(=O)C1)c1cccc(F)c1. The maximum absolute atomic E-state index is 13.2. The van der Waals surface area contributed by atoms with E-state index in [0.717, 1.165) is 11.0 Å². The quantitative estimate of drug-likeness (QED) is 0.871. The Morgan fingerprint density at radius 2 is 2.14 bits per heavy atom. The highest BCUT2D eigenvalue weighted by Gasteiger charge is 2.29. The van der Waals surface area contributed by atoms with Gasteiger partial charge in [0.1, 0.15) is 12.4 Å². The van der Waals surface area contributed by atoms with Crippen molar-refractivity contribution in [2.24, 2.45) is 0 Å². The van der Waals surface area contributed by atoms with E-state index in [0.29, 0.717) is 6.42 Å². The number of benzene rings is 1. The number of hydrogen-bond acceptors (Lipinski definition) is 4. The summed E-state index contributed by atoms with van der Waals surface area (Å²) in [5.74, 6) is -1.41. The lowest BCUT2D eigenvalue weighted by Gasteiger charge is -2.21. The highest BCUT2D eigenvalue weighted by molar-refractivity contribution is 7.91. The van der Waals surface area contributed by atoms with Crippen LogP contribution in [0, 0.1) is 5.82 Å². The fourth-order valence-electron chi connectivity index (χ4n) is 2.35. The summed E-state index contributed by atoms with van der Waals surface area (Å²) >= 11 is 0. The molecule has 1 atom stereocenters. The van der Waals surface area contributed by atoms with Crippen LogP contribution in [0.5, 0.6) is 0 Å². The third-order valence-corrected chi connectivity index (χ3v) is 5.17. The summed E-state index contributed by atoms with van der Waals surface area (Å²) in [6, 6.07) is 4.94. The number of amides is 2. The average molecular weight is 328 g/mol. The van der Waals surface area contributed by atoms with Gasteiger partial charge in [-0.05, 0) is 24.6 Å². The van der Waals surface area contributed by atoms with Gasteiger partial charge in [0.15, 0.2) is 9.84 Å². The molecular weight excluding hydrogens is 311 g/mol. The van der Waals surface area contributed by atoms with Crippen LogP contribution in [0.15, 0.2) is 24.3 Å². The molecule has 0 saturated carbocycles. The Kier molecular flexibility index (Phi) is 4.80. The van der Waals surface area contributed by atoms with Crippen LogP contribution in [0.2, 0.25) is 0 Å². The molecule has 1 aliphatic heterocycles. The fraction of sp³-hybridized carbons (Fsp3) is 0.429. The summed E-state index contributed by atoms with van der Waals surface area (Å²) < 4.78 is 35.9. The first-order valence-corrected chi connectivity index (χ1v) is 8.62. The number of sulfone groups is 1. The predicted molar refractivity (Wildman–Crippen MR) is 79.6 cm³/mol. The molecule has 1 aromatic rings. The van der Waals surface area contributed by atoms with E-state index in [1.54, 1.807) is 0 Å². The minimum absolute atomic E-state index is 0.0538. The zero-order valence-corrected chi connectivity index (χ0v) is 12.9. The first kappa shape index (κ1) is 16.4. The van der Waals surface area contributed by atoms with Crippen LogP contribution in [0.25, 0.3) is 0 Å². The molecule has 6 nitrogen and oxygen atoms in total. The predicted octanol–water partition coefficient (Wildman–Crippen LogP) is 0.482. The molecule has 0 aromatic heterocycles. The van der Waals surface area contributed by atoms with E-state index in [4.69, 9.17) is 0 Å². The summed E-state index contributed by atoms with van der Waals surface area (Å²) in [4.78, 5) is 24.8. The molecule has 1 N–H and O–H groups in total. The van der Waals surface area contributed by atoms with Crippen molar-refractivity contribution in [1.29, 1.82) is 0 Å². The monoisotopic (exact) mass is 328 g/mol. The molecule has 120 valence electrons. The number of anilines is 1. The van der Waals surface area contributed by atoms with Crippen molar-refractivity contribution in [1.82, 2.24) is 5.32 Å². The number of carbonyl (C=O) groups is 2. The maximum atomic E-state index is 13.2. The van der Waals surface area contributed by atoms with Gasteiger partial charge >= 0.3 is 0 Å². The van der Waals surface area contributed by atoms with Crippen molar-refractivity contribution in [3.05, 3.63) is 30.1 Å². The minimum atomic E-state index is -3.09. The summed E-state index contributed by atoms with van der Waals surface area (Å²) in [6.07, 6.45) is 0.369. The zero-order valence-electron chi connectivity index (χ0n) is 12.1. The van der Waals surface area contributed by atoms with Crippen molar-refractivity contribution < 1.29 is 22.4 Å². The smallest absolute Gasteiger partial charge is 0.240 e. The van der Waals surface area contributed by atoms with Crippen LogP contribution in [0.3, 0.4) is 0 Å². The first-order chi connectivity index (χ1) is 10.3. The Bertz CT molecular complexity index is 690. The van der Waals surface area contributed by atoms with Crippen LogP contribution in [-0.4, -0.2) is 44.3 Å². The van der Waals surface area contributed by atoms with Crippen molar-refractivity contribution in [2.75, 3.05) is 23.0 Å². The lowest BCUT2D eigenvalue weighted by molar-refractivity contribution is -0.123. The first-order valence-electron chi connectivity index (χ1n) is 6.80. The largest absolute Gasteiger partial charge is 0.351 e. The number of rotatable bonds is 4. The van der Waals surface area contributed by atoms with Crippen LogP contribution >= 0.6 is 0 Å². The topological polar surface area (TPSA) is 83.6 Å². The summed E-state index contributed by atoms with van der Waals surface area (Å²) in [7, 11) is -3.09. The van der Waals surface area contributed by atoms with Crippen molar-refractivity contribution in [3.63, 3.8) is 0 Å². The lowest BCUT2D eigenvalue weighted by Crippen LogP contribution is -2.44. The lowest BCUT2D eigenvalue weighted by atomic mass is 10.2. The molecule has 1 aliphatic rings. The van der Waals surface area contributed by atoms with Gasteiger partial charge in [0.25, 0.3) is 0 Å². The fourth-order valence-corrected chi connectivity index (χ4v) is 4.03. The highest BCUT2D eigenvalue weighted by Crippen LogP contribution is 2.16. The Morgan fingerprint density at radius 1 is 1.41 bits per heavy atom. The van der Waals surface area contributed by atoms with E-state index >= 15 is 0 Å². The van der Waals surface area contributed by atoms with E-state index < -0.39 is 33.5 Å². The van der Waals surface area contributed by atoms with Gasteiger partial charge in [-0.25, -0.2) is 12.8 Å². The van der Waals surface area contributed by atoms with Crippen molar-refractivity contribution in [2.45, 2.75) is 19.4 Å². The van der Waals surface area contributed by atoms with Gasteiger partial charge in [-0.2, -0.15) is 0 Å². The van der Waals surface area contributed by atoms with E-state index in [1.165, 1.54) is 25.1 Å². The molecule has 22 heavy (non-hydrogen) atoms. The molecule has 0 aliphatic carbocycles. The molecule has 2 amide bonds. The van der Waals surface area contributed by atoms with Gasteiger partial charge in [0.05, 0.1) is 11.5 Å². The van der Waals surface area contributed by atoms with Crippen LogP contribution in [0.4, 0.5) is 10.1 Å². The molecule has 1 unspecified atom stereocenters. The second-order valence-electron chi connectivity index (χ2n) is 5.25. The van der Waals surface area contributed by atoms with Gasteiger partial charge in [-0.3, -0.25) is 9.59 Å². The molecule has 1 heterocycles. The number of hydrogen-bond donors (Lipinski definition) is 1. The zero-order chi connectivity index (χ0) is 16.3. The molecule has 1 aromatic carbocycles.